The summed E-state index contributed by atoms with van der Waals surface area (Å²) in [5.74, 6) is -1.08. The monoisotopic (exact) mass is 373 g/mol. The lowest BCUT2D eigenvalue weighted by Gasteiger charge is -2.29. The number of hydrogen-bond donors (Lipinski definition) is 2. The number of Topliss-reactive ketones (excluding diaryl/α,β-unsaturated/α-hetero) is 1. The molecule has 7 heteroatoms. The third kappa shape index (κ3) is 3.61. The van der Waals surface area contributed by atoms with Crippen LogP contribution in [0.1, 0.15) is 42.1 Å². The highest BCUT2D eigenvalue weighted by Gasteiger charge is 2.52. The molecular weight excluding hydrogens is 346 g/mol. The third-order valence-corrected chi connectivity index (χ3v) is 5.45. The van der Waals surface area contributed by atoms with E-state index in [2.05, 4.69) is 5.32 Å². The van der Waals surface area contributed by atoms with Crippen molar-refractivity contribution in [3.8, 4) is 0 Å². The summed E-state index contributed by atoms with van der Waals surface area (Å²) in [6.07, 6.45) is 0.244. The van der Waals surface area contributed by atoms with Gasteiger partial charge < -0.3 is 20.7 Å². The number of amides is 2. The van der Waals surface area contributed by atoms with Gasteiger partial charge in [-0.1, -0.05) is 32.0 Å². The Kier molecular flexibility index (Phi) is 5.62. The first kappa shape index (κ1) is 19.5. The largest absolute Gasteiger partial charge is 0.366 e. The second-order valence-corrected chi connectivity index (χ2v) is 7.71. The van der Waals surface area contributed by atoms with Gasteiger partial charge in [-0.25, -0.2) is 0 Å². The quantitative estimate of drug-likeness (QED) is 0.764. The minimum Gasteiger partial charge on any atom is -0.366 e. The van der Waals surface area contributed by atoms with Crippen LogP contribution in [0.25, 0.3) is 0 Å². The van der Waals surface area contributed by atoms with Gasteiger partial charge in [-0.2, -0.15) is 0 Å². The van der Waals surface area contributed by atoms with E-state index in [9.17, 15) is 14.4 Å². The molecule has 2 fully saturated rings. The predicted molar refractivity (Wildman–Crippen MR) is 100 cm³/mol. The lowest BCUT2D eigenvalue weighted by molar-refractivity contribution is -0.138. The number of benzene rings is 1. The van der Waals surface area contributed by atoms with Crippen molar-refractivity contribution in [2.24, 2.45) is 11.7 Å². The molecule has 146 valence electrons. The number of likely N-dealkylation sites (tertiary alicyclic amines) is 1. The minimum atomic E-state index is -0.564. The molecule has 7 nitrogen and oxygen atoms in total. The molecule has 3 rings (SSSR count). The van der Waals surface area contributed by atoms with E-state index in [4.69, 9.17) is 10.5 Å². The molecule has 2 aliphatic rings. The van der Waals surface area contributed by atoms with Gasteiger partial charge >= 0.3 is 0 Å². The first-order valence-corrected chi connectivity index (χ1v) is 9.36. The summed E-state index contributed by atoms with van der Waals surface area (Å²) in [6.45, 7) is 4.49. The van der Waals surface area contributed by atoms with E-state index in [0.717, 1.165) is 0 Å². The van der Waals surface area contributed by atoms with Crippen LogP contribution in [0.4, 0.5) is 0 Å². The van der Waals surface area contributed by atoms with Crippen molar-refractivity contribution in [3.63, 3.8) is 0 Å². The molecule has 1 aromatic rings. The van der Waals surface area contributed by atoms with Gasteiger partial charge in [0, 0.05) is 12.1 Å². The third-order valence-electron chi connectivity index (χ3n) is 5.45. The lowest BCUT2D eigenvalue weighted by Crippen LogP contribution is -2.44. The van der Waals surface area contributed by atoms with E-state index in [1.54, 1.807) is 36.2 Å². The van der Waals surface area contributed by atoms with E-state index >= 15 is 0 Å². The van der Waals surface area contributed by atoms with Crippen molar-refractivity contribution in [2.45, 2.75) is 44.4 Å². The average Bonchev–Trinajstić information content (AvgIpc) is 3.19. The number of ketones is 1. The summed E-state index contributed by atoms with van der Waals surface area (Å²) < 4.78 is 5.62. The normalized spacial score (nSPS) is 25.7. The predicted octanol–water partition coefficient (Wildman–Crippen LogP) is 0.682. The van der Waals surface area contributed by atoms with Crippen LogP contribution >= 0.6 is 0 Å². The van der Waals surface area contributed by atoms with Crippen LogP contribution in [-0.2, 0) is 14.3 Å². The highest BCUT2D eigenvalue weighted by molar-refractivity contribution is 5.98. The molecule has 2 saturated heterocycles. The topological polar surface area (TPSA) is 102 Å². The Hall–Kier alpha value is -2.25. The molecule has 0 spiro atoms. The zero-order valence-corrected chi connectivity index (χ0v) is 16.0. The minimum absolute atomic E-state index is 0.0318. The smallest absolute Gasteiger partial charge is 0.249 e. The Morgan fingerprint density at radius 3 is 2.67 bits per heavy atom. The summed E-state index contributed by atoms with van der Waals surface area (Å²) in [5, 5.41) is 3.14. The Balaban J connectivity index is 1.98. The second-order valence-electron chi connectivity index (χ2n) is 7.71. The number of hydrogen-bond acceptors (Lipinski definition) is 5. The maximum absolute atomic E-state index is 13.5. The van der Waals surface area contributed by atoms with Gasteiger partial charge in [-0.15, -0.1) is 0 Å². The van der Waals surface area contributed by atoms with Crippen LogP contribution in [0.3, 0.4) is 0 Å². The fourth-order valence-corrected chi connectivity index (χ4v) is 4.20. The fraction of sp³-hybridized carbons (Fsp3) is 0.550. The highest BCUT2D eigenvalue weighted by Crippen LogP contribution is 2.34. The van der Waals surface area contributed by atoms with Crippen LogP contribution in [-0.4, -0.2) is 60.9 Å². The van der Waals surface area contributed by atoms with Gasteiger partial charge in [0.15, 0.2) is 5.78 Å². The molecule has 0 aromatic heterocycles. The van der Waals surface area contributed by atoms with Crippen molar-refractivity contribution < 1.29 is 19.1 Å². The van der Waals surface area contributed by atoms with Crippen LogP contribution in [0.2, 0.25) is 0 Å². The number of carbonyl (C=O) groups excluding carboxylic acids is 3. The highest BCUT2D eigenvalue weighted by atomic mass is 16.5. The Bertz CT molecular complexity index is 748. The maximum Gasteiger partial charge on any atom is 0.249 e. The molecule has 2 aliphatic heterocycles. The SMILES string of the molecule is CN[C@H]1CN(C(=O)[C@@H](CC(C)C)c2ccccc2C(N)=O)[C@@H]2C(=O)CO[C@H]12. The molecule has 0 saturated carbocycles. The van der Waals surface area contributed by atoms with E-state index in [1.165, 1.54) is 0 Å². The molecular formula is C20H27N3O4. The van der Waals surface area contributed by atoms with Crippen LogP contribution in [0, 0.1) is 5.92 Å². The Morgan fingerprint density at radius 1 is 1.33 bits per heavy atom. The standard InChI is InChI=1S/C20H27N3O4/c1-11(2)8-14(12-6-4-5-7-13(12)19(21)25)20(26)23-9-15(22-3)18-17(23)16(24)10-27-18/h4-7,11,14-15,17-18,22H,8-10H2,1-3H3,(H2,21,25)/t14-,15-,17+,18+/m0/s1. The first-order valence-electron chi connectivity index (χ1n) is 9.36. The zero-order valence-electron chi connectivity index (χ0n) is 16.0. The van der Waals surface area contributed by atoms with Crippen molar-refractivity contribution in [3.05, 3.63) is 35.4 Å². The Morgan fingerprint density at radius 2 is 2.04 bits per heavy atom. The van der Waals surface area contributed by atoms with Gasteiger partial charge in [0.2, 0.25) is 11.8 Å². The number of ether oxygens (including phenoxy) is 1. The van der Waals surface area contributed by atoms with Gasteiger partial charge in [0.1, 0.15) is 18.8 Å². The van der Waals surface area contributed by atoms with Crippen LogP contribution in [0.15, 0.2) is 24.3 Å². The number of nitrogens with one attached hydrogen (secondary N) is 1. The maximum atomic E-state index is 13.5. The summed E-state index contributed by atoms with van der Waals surface area (Å²) >= 11 is 0. The van der Waals surface area contributed by atoms with Gasteiger partial charge in [0.05, 0.1) is 12.0 Å². The summed E-state index contributed by atoms with van der Waals surface area (Å²) in [7, 11) is 1.80. The van der Waals surface area contributed by atoms with Crippen molar-refractivity contribution >= 4 is 17.6 Å². The van der Waals surface area contributed by atoms with Crippen LogP contribution < -0.4 is 11.1 Å². The number of nitrogens with two attached hydrogens (primary N) is 1. The molecule has 3 N–H and O–H groups in total. The van der Waals surface area contributed by atoms with Gasteiger partial charge in [0.25, 0.3) is 0 Å². The number of nitrogens with zero attached hydrogens (tertiary/aromatic N) is 1. The molecule has 1 aromatic carbocycles. The average molecular weight is 373 g/mol. The molecule has 4 atom stereocenters. The van der Waals surface area contributed by atoms with Crippen molar-refractivity contribution in [2.75, 3.05) is 20.2 Å². The molecule has 0 aliphatic carbocycles. The number of likely N-dealkylation sites (N-methyl/N-ethyl adjacent to an activating group) is 1. The summed E-state index contributed by atoms with van der Waals surface area (Å²) in [6, 6.07) is 6.31. The van der Waals surface area contributed by atoms with E-state index in [1.807, 2.05) is 13.8 Å². The van der Waals surface area contributed by atoms with Gasteiger partial charge in [-0.05, 0) is 31.0 Å². The molecule has 2 heterocycles. The van der Waals surface area contributed by atoms with E-state index in [0.29, 0.717) is 24.1 Å². The first-order chi connectivity index (χ1) is 12.8. The second kappa shape index (κ2) is 7.78. The summed E-state index contributed by atoms with van der Waals surface area (Å²) in [5.41, 5.74) is 6.52. The molecule has 2 amide bonds. The molecule has 0 unspecified atom stereocenters. The fourth-order valence-electron chi connectivity index (χ4n) is 4.20. The Labute approximate surface area is 159 Å². The van der Waals surface area contributed by atoms with Crippen molar-refractivity contribution in [1.82, 2.24) is 10.2 Å². The number of carbonyl (C=O) groups is 3. The number of fused-ring (bicyclic) bond motifs is 1. The number of primary amides is 1. The molecule has 0 bridgehead atoms. The van der Waals surface area contributed by atoms with Crippen molar-refractivity contribution in [1.29, 1.82) is 0 Å². The van der Waals surface area contributed by atoms with E-state index in [-0.39, 0.29) is 36.4 Å². The lowest BCUT2D eigenvalue weighted by atomic mass is 9.86. The van der Waals surface area contributed by atoms with Crippen LogP contribution in [0.5, 0.6) is 0 Å². The zero-order chi connectivity index (χ0) is 19.7. The summed E-state index contributed by atoms with van der Waals surface area (Å²) in [4.78, 5) is 39.4. The number of rotatable bonds is 6. The molecule has 0 radical (unpaired) electrons. The van der Waals surface area contributed by atoms with Gasteiger partial charge in [-0.3, -0.25) is 14.4 Å². The molecule has 27 heavy (non-hydrogen) atoms. The van der Waals surface area contributed by atoms with E-state index < -0.39 is 17.9 Å².